The number of para-hydroxylation sites is 1. The highest BCUT2D eigenvalue weighted by Crippen LogP contribution is 2.17. The molecule has 2 rings (SSSR count). The maximum atomic E-state index is 11.6. The van der Waals surface area contributed by atoms with Crippen LogP contribution in [0.15, 0.2) is 30.5 Å². The monoisotopic (exact) mass is 218 g/mol. The molecule has 0 spiro atoms. The molecule has 0 fully saturated rings. The van der Waals surface area contributed by atoms with Crippen molar-refractivity contribution in [2.75, 3.05) is 6.54 Å². The van der Waals surface area contributed by atoms with Gasteiger partial charge in [-0.05, 0) is 6.07 Å². The summed E-state index contributed by atoms with van der Waals surface area (Å²) in [6, 6.07) is 7.34. The van der Waals surface area contributed by atoms with Crippen molar-refractivity contribution in [3.8, 4) is 0 Å². The minimum Gasteiger partial charge on any atom is -0.480 e. The molecule has 0 radical (unpaired) electrons. The number of aromatic nitrogens is 1. The number of amides is 1. The summed E-state index contributed by atoms with van der Waals surface area (Å²) in [5.74, 6) is -1.45. The van der Waals surface area contributed by atoms with Gasteiger partial charge < -0.3 is 15.4 Å². The summed E-state index contributed by atoms with van der Waals surface area (Å²) in [4.78, 5) is 24.9. The van der Waals surface area contributed by atoms with Crippen molar-refractivity contribution in [2.45, 2.75) is 0 Å². The topological polar surface area (TPSA) is 82.2 Å². The van der Waals surface area contributed by atoms with Gasteiger partial charge in [-0.25, -0.2) is 0 Å². The Kier molecular flexibility index (Phi) is 2.59. The summed E-state index contributed by atoms with van der Waals surface area (Å²) >= 11 is 0. The Morgan fingerprint density at radius 3 is 2.81 bits per heavy atom. The van der Waals surface area contributed by atoms with Crippen molar-refractivity contribution in [3.05, 3.63) is 36.0 Å². The number of carboxylic acids is 1. The first-order valence-corrected chi connectivity index (χ1v) is 4.74. The number of hydrogen-bond donors (Lipinski definition) is 3. The molecule has 5 heteroatoms. The molecular weight excluding hydrogens is 208 g/mol. The van der Waals surface area contributed by atoms with Gasteiger partial charge in [-0.2, -0.15) is 0 Å². The number of rotatable bonds is 3. The van der Waals surface area contributed by atoms with Crippen molar-refractivity contribution < 1.29 is 14.7 Å². The van der Waals surface area contributed by atoms with E-state index in [9.17, 15) is 9.59 Å². The number of hydrogen-bond acceptors (Lipinski definition) is 2. The highest BCUT2D eigenvalue weighted by molar-refractivity contribution is 6.07. The zero-order valence-corrected chi connectivity index (χ0v) is 8.36. The van der Waals surface area contributed by atoms with E-state index in [0.717, 1.165) is 10.9 Å². The van der Waals surface area contributed by atoms with E-state index in [-0.39, 0.29) is 12.5 Å². The lowest BCUT2D eigenvalue weighted by Gasteiger charge is -2.00. The van der Waals surface area contributed by atoms with Crippen LogP contribution in [0.4, 0.5) is 0 Å². The van der Waals surface area contributed by atoms with Crippen molar-refractivity contribution in [1.29, 1.82) is 0 Å². The molecule has 0 unspecified atom stereocenters. The van der Waals surface area contributed by atoms with Crippen molar-refractivity contribution in [1.82, 2.24) is 10.3 Å². The summed E-state index contributed by atoms with van der Waals surface area (Å²) in [6.45, 7) is -0.377. The number of carbonyl (C=O) groups excluding carboxylic acids is 1. The second-order valence-electron chi connectivity index (χ2n) is 3.32. The molecule has 2 aromatic rings. The lowest BCUT2D eigenvalue weighted by atomic mass is 10.1. The lowest BCUT2D eigenvalue weighted by molar-refractivity contribution is -0.135. The quantitative estimate of drug-likeness (QED) is 0.718. The zero-order valence-electron chi connectivity index (χ0n) is 8.36. The van der Waals surface area contributed by atoms with Gasteiger partial charge in [-0.1, -0.05) is 18.2 Å². The van der Waals surface area contributed by atoms with Crippen LogP contribution in [0, 0.1) is 0 Å². The van der Waals surface area contributed by atoms with Gasteiger partial charge in [0.25, 0.3) is 5.91 Å². The number of nitrogens with one attached hydrogen (secondary N) is 2. The van der Waals surface area contributed by atoms with E-state index < -0.39 is 5.97 Å². The molecule has 0 aliphatic carbocycles. The van der Waals surface area contributed by atoms with Crippen LogP contribution in [0.5, 0.6) is 0 Å². The van der Waals surface area contributed by atoms with Crippen molar-refractivity contribution in [2.24, 2.45) is 0 Å². The Morgan fingerprint density at radius 2 is 2.06 bits per heavy atom. The van der Waals surface area contributed by atoms with Gasteiger partial charge >= 0.3 is 5.97 Å². The maximum Gasteiger partial charge on any atom is 0.322 e. The van der Waals surface area contributed by atoms with Crippen LogP contribution in [0.3, 0.4) is 0 Å². The molecule has 1 amide bonds. The van der Waals surface area contributed by atoms with Crippen molar-refractivity contribution in [3.63, 3.8) is 0 Å². The number of fused-ring (bicyclic) bond motifs is 1. The fourth-order valence-corrected chi connectivity index (χ4v) is 1.51. The van der Waals surface area contributed by atoms with Gasteiger partial charge in [0, 0.05) is 17.1 Å². The molecule has 0 saturated carbocycles. The first kappa shape index (κ1) is 10.2. The minimum absolute atomic E-state index is 0.377. The molecule has 16 heavy (non-hydrogen) atoms. The second kappa shape index (κ2) is 4.06. The molecule has 5 nitrogen and oxygen atoms in total. The summed E-state index contributed by atoms with van der Waals surface area (Å²) in [5, 5.41) is 11.6. The van der Waals surface area contributed by atoms with E-state index in [2.05, 4.69) is 10.3 Å². The van der Waals surface area contributed by atoms with Gasteiger partial charge in [0.2, 0.25) is 0 Å². The van der Waals surface area contributed by atoms with E-state index in [1.165, 1.54) is 0 Å². The third-order valence-electron chi connectivity index (χ3n) is 2.23. The van der Waals surface area contributed by atoms with E-state index in [1.54, 1.807) is 6.20 Å². The number of carboxylic acid groups (broad SMARTS) is 1. The number of aliphatic carboxylic acids is 1. The average molecular weight is 218 g/mol. The smallest absolute Gasteiger partial charge is 0.322 e. The van der Waals surface area contributed by atoms with Gasteiger partial charge in [0.05, 0.1) is 5.56 Å². The SMILES string of the molecule is O=C(O)CNC(=O)c1c[nH]c2ccccc12. The first-order chi connectivity index (χ1) is 7.68. The van der Waals surface area contributed by atoms with Gasteiger partial charge in [0.1, 0.15) is 6.54 Å². The molecule has 1 aromatic heterocycles. The molecule has 0 saturated heterocycles. The van der Waals surface area contributed by atoms with Gasteiger partial charge in [-0.15, -0.1) is 0 Å². The number of carbonyl (C=O) groups is 2. The minimum atomic E-state index is -1.06. The highest BCUT2D eigenvalue weighted by atomic mass is 16.4. The summed E-state index contributed by atoms with van der Waals surface area (Å²) in [7, 11) is 0. The fraction of sp³-hybridized carbons (Fsp3) is 0.0909. The van der Waals surface area contributed by atoms with E-state index in [4.69, 9.17) is 5.11 Å². The Hall–Kier alpha value is -2.30. The molecule has 0 aliphatic rings. The molecule has 0 atom stereocenters. The second-order valence-corrected chi connectivity index (χ2v) is 3.32. The summed E-state index contributed by atoms with van der Waals surface area (Å²) in [6.07, 6.45) is 1.57. The van der Waals surface area contributed by atoms with Gasteiger partial charge in [-0.3, -0.25) is 9.59 Å². The third kappa shape index (κ3) is 1.88. The van der Waals surface area contributed by atoms with Gasteiger partial charge in [0.15, 0.2) is 0 Å². The number of benzene rings is 1. The Balaban J connectivity index is 2.26. The Labute approximate surface area is 91.1 Å². The van der Waals surface area contributed by atoms with Crippen molar-refractivity contribution >= 4 is 22.8 Å². The van der Waals surface area contributed by atoms with E-state index in [0.29, 0.717) is 5.56 Å². The largest absolute Gasteiger partial charge is 0.480 e. The van der Waals surface area contributed by atoms with Crippen LogP contribution in [-0.4, -0.2) is 28.5 Å². The molecule has 1 aromatic carbocycles. The first-order valence-electron chi connectivity index (χ1n) is 4.74. The third-order valence-corrected chi connectivity index (χ3v) is 2.23. The zero-order chi connectivity index (χ0) is 11.5. The predicted octanol–water partition coefficient (Wildman–Crippen LogP) is 0.982. The Morgan fingerprint density at radius 1 is 1.31 bits per heavy atom. The predicted molar refractivity (Wildman–Crippen MR) is 58.3 cm³/mol. The normalized spacial score (nSPS) is 10.2. The van der Waals surface area contributed by atoms with E-state index >= 15 is 0 Å². The molecule has 0 aliphatic heterocycles. The molecule has 3 N–H and O–H groups in total. The standard InChI is InChI=1S/C11H10N2O3/c14-10(15)6-13-11(16)8-5-12-9-4-2-1-3-7(8)9/h1-5,12H,6H2,(H,13,16)(H,14,15). The molecular formula is C11H10N2O3. The fourth-order valence-electron chi connectivity index (χ4n) is 1.51. The molecule has 0 bridgehead atoms. The van der Waals surface area contributed by atoms with Crippen LogP contribution >= 0.6 is 0 Å². The van der Waals surface area contributed by atoms with Crippen LogP contribution in [0.1, 0.15) is 10.4 Å². The number of aromatic amines is 1. The van der Waals surface area contributed by atoms with Crippen LogP contribution < -0.4 is 5.32 Å². The molecule has 1 heterocycles. The van der Waals surface area contributed by atoms with E-state index in [1.807, 2.05) is 24.3 Å². The summed E-state index contributed by atoms with van der Waals surface area (Å²) < 4.78 is 0. The van der Waals surface area contributed by atoms with Crippen LogP contribution in [0.25, 0.3) is 10.9 Å². The van der Waals surface area contributed by atoms with Crippen LogP contribution in [0.2, 0.25) is 0 Å². The maximum absolute atomic E-state index is 11.6. The molecule has 82 valence electrons. The Bertz CT molecular complexity index is 545. The summed E-state index contributed by atoms with van der Waals surface area (Å²) in [5.41, 5.74) is 1.31. The lowest BCUT2D eigenvalue weighted by Crippen LogP contribution is -2.29. The number of H-pyrrole nitrogens is 1. The highest BCUT2D eigenvalue weighted by Gasteiger charge is 2.11. The van der Waals surface area contributed by atoms with Crippen LogP contribution in [-0.2, 0) is 4.79 Å². The average Bonchev–Trinajstić information content (AvgIpc) is 2.69.